The van der Waals surface area contributed by atoms with Crippen molar-refractivity contribution in [3.8, 4) is 16.9 Å². The zero-order valence-corrected chi connectivity index (χ0v) is 18.0. The molecule has 0 aliphatic heterocycles. The van der Waals surface area contributed by atoms with E-state index in [4.69, 9.17) is 9.47 Å². The highest BCUT2D eigenvalue weighted by atomic mass is 16.6. The Balaban J connectivity index is 1.78. The van der Waals surface area contributed by atoms with E-state index in [0.717, 1.165) is 28.4 Å². The van der Waals surface area contributed by atoms with Crippen molar-refractivity contribution < 1.29 is 19.4 Å². The third kappa shape index (κ3) is 5.73. The molecule has 3 rings (SSSR count). The Bertz CT molecular complexity index is 861. The molecule has 2 aromatic rings. The van der Waals surface area contributed by atoms with Crippen LogP contribution in [-0.2, 0) is 16.1 Å². The molecule has 0 bridgehead atoms. The number of esters is 1. The molecule has 0 amide bonds. The van der Waals surface area contributed by atoms with E-state index in [0.29, 0.717) is 18.1 Å². The van der Waals surface area contributed by atoms with E-state index in [1.165, 1.54) is 31.2 Å². The highest BCUT2D eigenvalue weighted by Gasteiger charge is 2.23. The molecular formula is C26H32O4. The Morgan fingerprint density at radius 2 is 1.70 bits per heavy atom. The zero-order chi connectivity index (χ0) is 21.5. The van der Waals surface area contributed by atoms with Gasteiger partial charge in [-0.3, -0.25) is 0 Å². The van der Waals surface area contributed by atoms with E-state index >= 15 is 0 Å². The van der Waals surface area contributed by atoms with Gasteiger partial charge in [0.25, 0.3) is 0 Å². The molecule has 1 saturated carbocycles. The van der Waals surface area contributed by atoms with Crippen molar-refractivity contribution in [1.29, 1.82) is 0 Å². The second kappa shape index (κ2) is 10.4. The number of aliphatic hydroxyl groups is 1. The van der Waals surface area contributed by atoms with Crippen LogP contribution in [0.2, 0.25) is 0 Å². The fourth-order valence-electron chi connectivity index (χ4n) is 3.96. The van der Waals surface area contributed by atoms with Gasteiger partial charge in [-0.1, -0.05) is 62.7 Å². The molecule has 1 N–H and O–H groups in total. The Morgan fingerprint density at radius 1 is 1.03 bits per heavy atom. The first-order valence-corrected chi connectivity index (χ1v) is 10.8. The second-order valence-corrected chi connectivity index (χ2v) is 8.33. The Labute approximate surface area is 179 Å². The van der Waals surface area contributed by atoms with Crippen molar-refractivity contribution in [3.63, 3.8) is 0 Å². The summed E-state index contributed by atoms with van der Waals surface area (Å²) >= 11 is 0. The van der Waals surface area contributed by atoms with Gasteiger partial charge in [-0.15, -0.1) is 0 Å². The molecule has 1 aliphatic carbocycles. The minimum absolute atomic E-state index is 0.0383. The molecule has 4 nitrogen and oxygen atoms in total. The topological polar surface area (TPSA) is 55.8 Å². The number of rotatable bonds is 8. The molecule has 0 atom stereocenters. The number of carbonyl (C=O) groups is 1. The summed E-state index contributed by atoms with van der Waals surface area (Å²) in [5, 5.41) is 9.27. The number of ether oxygens (including phenoxy) is 2. The maximum Gasteiger partial charge on any atom is 0.333 e. The highest BCUT2D eigenvalue weighted by molar-refractivity contribution is 5.86. The van der Waals surface area contributed by atoms with E-state index in [1.807, 2.05) is 24.3 Å². The molecule has 0 heterocycles. The highest BCUT2D eigenvalue weighted by Crippen LogP contribution is 2.41. The maximum absolute atomic E-state index is 11.6. The van der Waals surface area contributed by atoms with Crippen LogP contribution in [0.3, 0.4) is 0 Å². The molecule has 1 aliphatic rings. The van der Waals surface area contributed by atoms with E-state index < -0.39 is 5.97 Å². The summed E-state index contributed by atoms with van der Waals surface area (Å²) < 4.78 is 11.3. The van der Waals surface area contributed by atoms with Gasteiger partial charge in [-0.25, -0.2) is 4.79 Å². The Morgan fingerprint density at radius 3 is 2.33 bits per heavy atom. The zero-order valence-electron chi connectivity index (χ0n) is 18.0. The number of benzene rings is 2. The first-order chi connectivity index (χ1) is 14.5. The van der Waals surface area contributed by atoms with Gasteiger partial charge in [-0.05, 0) is 59.9 Å². The van der Waals surface area contributed by atoms with Crippen LogP contribution in [0.4, 0.5) is 0 Å². The summed E-state index contributed by atoms with van der Waals surface area (Å²) in [6, 6.07) is 14.3. The second-order valence-electron chi connectivity index (χ2n) is 8.33. The summed E-state index contributed by atoms with van der Waals surface area (Å²) in [7, 11) is 0. The lowest BCUT2D eigenvalue weighted by Gasteiger charge is -2.28. The minimum atomic E-state index is -0.391. The smallest absolute Gasteiger partial charge is 0.333 e. The SMILES string of the molecule is C=C(C)C(=O)OCCOc1cc(-c2ccc(CO)cc2)ccc1C1CCC(C)CC1. The summed E-state index contributed by atoms with van der Waals surface area (Å²) in [5.41, 5.74) is 4.67. The first-order valence-electron chi connectivity index (χ1n) is 10.8. The molecule has 4 heteroatoms. The number of hydrogen-bond acceptors (Lipinski definition) is 4. The van der Waals surface area contributed by atoms with Crippen molar-refractivity contribution in [2.45, 2.75) is 52.1 Å². The van der Waals surface area contributed by atoms with Crippen molar-refractivity contribution in [3.05, 3.63) is 65.7 Å². The van der Waals surface area contributed by atoms with E-state index in [1.54, 1.807) is 6.92 Å². The molecule has 0 unspecified atom stereocenters. The van der Waals surface area contributed by atoms with Gasteiger partial charge in [0.2, 0.25) is 0 Å². The van der Waals surface area contributed by atoms with E-state index in [2.05, 4.69) is 31.7 Å². The summed E-state index contributed by atoms with van der Waals surface area (Å²) in [5.74, 6) is 1.76. The van der Waals surface area contributed by atoms with Crippen LogP contribution in [0.5, 0.6) is 5.75 Å². The summed E-state index contributed by atoms with van der Waals surface area (Å²) in [6.45, 7) is 8.10. The molecule has 1 fully saturated rings. The van der Waals surface area contributed by atoms with Crippen LogP contribution in [0.15, 0.2) is 54.6 Å². The van der Waals surface area contributed by atoms with E-state index in [-0.39, 0.29) is 13.2 Å². The molecule has 0 spiro atoms. The molecule has 0 radical (unpaired) electrons. The average molecular weight is 409 g/mol. The monoisotopic (exact) mass is 408 g/mol. The number of hydrogen-bond donors (Lipinski definition) is 1. The molecule has 0 saturated heterocycles. The van der Waals surface area contributed by atoms with Gasteiger partial charge in [0, 0.05) is 5.57 Å². The van der Waals surface area contributed by atoms with Crippen molar-refractivity contribution in [2.75, 3.05) is 13.2 Å². The predicted molar refractivity (Wildman–Crippen MR) is 119 cm³/mol. The average Bonchev–Trinajstić information content (AvgIpc) is 2.77. The molecule has 0 aromatic heterocycles. The van der Waals surface area contributed by atoms with Crippen LogP contribution >= 0.6 is 0 Å². The van der Waals surface area contributed by atoms with Crippen molar-refractivity contribution >= 4 is 5.97 Å². The van der Waals surface area contributed by atoms with Gasteiger partial charge in [0.15, 0.2) is 0 Å². The molecular weight excluding hydrogens is 376 g/mol. The Kier molecular flexibility index (Phi) is 7.69. The molecule has 30 heavy (non-hydrogen) atoms. The summed E-state index contributed by atoms with van der Waals surface area (Å²) in [6.07, 6.45) is 4.83. The van der Waals surface area contributed by atoms with Gasteiger partial charge >= 0.3 is 5.97 Å². The quantitative estimate of drug-likeness (QED) is 0.349. The largest absolute Gasteiger partial charge is 0.490 e. The van der Waals surface area contributed by atoms with Crippen LogP contribution in [0, 0.1) is 5.92 Å². The lowest BCUT2D eigenvalue weighted by molar-refractivity contribution is -0.139. The van der Waals surface area contributed by atoms with E-state index in [9.17, 15) is 9.90 Å². The summed E-state index contributed by atoms with van der Waals surface area (Å²) in [4.78, 5) is 11.6. The number of aliphatic hydroxyl groups excluding tert-OH is 1. The lowest BCUT2D eigenvalue weighted by Crippen LogP contribution is -2.15. The van der Waals surface area contributed by atoms with Crippen LogP contribution < -0.4 is 4.74 Å². The first kappa shape index (κ1) is 22.1. The minimum Gasteiger partial charge on any atom is -0.490 e. The fourth-order valence-corrected chi connectivity index (χ4v) is 3.96. The van der Waals surface area contributed by atoms with Gasteiger partial charge in [-0.2, -0.15) is 0 Å². The predicted octanol–water partition coefficient (Wildman–Crippen LogP) is 5.64. The van der Waals surface area contributed by atoms with Crippen molar-refractivity contribution in [2.24, 2.45) is 5.92 Å². The maximum atomic E-state index is 11.6. The fraction of sp³-hybridized carbons (Fsp3) is 0.423. The Hall–Kier alpha value is -2.59. The standard InChI is InChI=1S/C26H32O4/c1-18(2)26(28)30-15-14-29-25-16-23(21-10-6-20(17-27)7-11-21)12-13-24(25)22-8-4-19(3)5-9-22/h6-7,10-13,16,19,22,27H,1,4-5,8-9,14-15,17H2,2-3H3. The number of carbonyl (C=O) groups excluding carboxylic acids is 1. The third-order valence-corrected chi connectivity index (χ3v) is 5.86. The van der Waals surface area contributed by atoms with Gasteiger partial charge in [0.1, 0.15) is 19.0 Å². The van der Waals surface area contributed by atoms with Gasteiger partial charge in [0.05, 0.1) is 6.61 Å². The van der Waals surface area contributed by atoms with Crippen LogP contribution in [0.25, 0.3) is 11.1 Å². The normalized spacial score (nSPS) is 18.6. The van der Waals surface area contributed by atoms with Gasteiger partial charge < -0.3 is 14.6 Å². The third-order valence-electron chi connectivity index (χ3n) is 5.86. The molecule has 2 aromatic carbocycles. The van der Waals surface area contributed by atoms with Crippen molar-refractivity contribution in [1.82, 2.24) is 0 Å². The van der Waals surface area contributed by atoms with Crippen LogP contribution in [0.1, 0.15) is 56.6 Å². The lowest BCUT2D eigenvalue weighted by atomic mass is 9.79. The molecule has 160 valence electrons. The van der Waals surface area contributed by atoms with Crippen LogP contribution in [-0.4, -0.2) is 24.3 Å².